The lowest BCUT2D eigenvalue weighted by Crippen LogP contribution is -2.24. The zero-order chi connectivity index (χ0) is 22.1. The molecule has 0 saturated carbocycles. The largest absolute Gasteiger partial charge is 0.273 e. The molecule has 5 rings (SSSR count). The number of benzene rings is 3. The molecule has 0 bridgehead atoms. The van der Waals surface area contributed by atoms with Crippen LogP contribution in [-0.2, 0) is 4.79 Å². The van der Waals surface area contributed by atoms with Crippen LogP contribution in [0.5, 0.6) is 0 Å². The van der Waals surface area contributed by atoms with Crippen molar-refractivity contribution in [2.45, 2.75) is 26.3 Å². The molecule has 0 saturated heterocycles. The number of aromatic nitrogens is 2. The van der Waals surface area contributed by atoms with E-state index in [9.17, 15) is 4.79 Å². The Bertz CT molecular complexity index is 1270. The van der Waals surface area contributed by atoms with Crippen molar-refractivity contribution in [2.75, 3.05) is 0 Å². The van der Waals surface area contributed by atoms with Crippen LogP contribution in [0.1, 0.15) is 36.1 Å². The number of nitrogens with zero attached hydrogens (tertiary/aromatic N) is 4. The lowest BCUT2D eigenvalue weighted by Gasteiger charge is -2.20. The number of para-hydroxylation sites is 1. The number of carbonyl (C=O) groups excluding carboxylic acids is 1. The Morgan fingerprint density at radius 3 is 2.19 bits per heavy atom. The van der Waals surface area contributed by atoms with Crippen LogP contribution in [0.4, 0.5) is 0 Å². The van der Waals surface area contributed by atoms with Crippen molar-refractivity contribution >= 4 is 11.6 Å². The fourth-order valence-corrected chi connectivity index (χ4v) is 4.13. The number of carbonyl (C=O) groups is 1. The smallest absolute Gasteiger partial charge is 0.240 e. The second kappa shape index (κ2) is 8.27. The molecule has 1 aliphatic heterocycles. The highest BCUT2D eigenvalue weighted by Crippen LogP contribution is 2.38. The van der Waals surface area contributed by atoms with Crippen LogP contribution < -0.4 is 0 Å². The van der Waals surface area contributed by atoms with Crippen molar-refractivity contribution in [3.8, 4) is 16.9 Å². The number of hydrogen-bond acceptors (Lipinski definition) is 3. The molecule has 0 spiro atoms. The molecular formula is C27H24N4O. The van der Waals surface area contributed by atoms with Gasteiger partial charge in [-0.25, -0.2) is 9.69 Å². The molecule has 1 aromatic heterocycles. The summed E-state index contributed by atoms with van der Waals surface area (Å²) in [4.78, 5) is 12.6. The molecule has 0 radical (unpaired) electrons. The van der Waals surface area contributed by atoms with E-state index in [1.54, 1.807) is 11.9 Å². The Morgan fingerprint density at radius 1 is 0.875 bits per heavy atom. The Labute approximate surface area is 187 Å². The summed E-state index contributed by atoms with van der Waals surface area (Å²) in [6, 6.07) is 28.2. The van der Waals surface area contributed by atoms with Gasteiger partial charge in [0.25, 0.3) is 0 Å². The van der Waals surface area contributed by atoms with E-state index in [-0.39, 0.29) is 11.9 Å². The summed E-state index contributed by atoms with van der Waals surface area (Å²) < 4.78 is 1.89. The fourth-order valence-electron chi connectivity index (χ4n) is 4.13. The first-order valence-electron chi connectivity index (χ1n) is 10.7. The third kappa shape index (κ3) is 3.73. The van der Waals surface area contributed by atoms with Crippen LogP contribution >= 0.6 is 0 Å². The van der Waals surface area contributed by atoms with E-state index in [1.165, 1.54) is 5.56 Å². The molecule has 1 aliphatic rings. The molecule has 1 atom stereocenters. The molecule has 5 heteroatoms. The van der Waals surface area contributed by atoms with Crippen LogP contribution in [0, 0.1) is 6.92 Å². The van der Waals surface area contributed by atoms with Gasteiger partial charge in [-0.05, 0) is 24.6 Å². The minimum absolute atomic E-state index is 0.0803. The molecule has 0 aliphatic carbocycles. The van der Waals surface area contributed by atoms with Crippen molar-refractivity contribution in [2.24, 2.45) is 5.10 Å². The van der Waals surface area contributed by atoms with Crippen molar-refractivity contribution in [3.05, 3.63) is 108 Å². The van der Waals surface area contributed by atoms with Gasteiger partial charge in [0.05, 0.1) is 23.1 Å². The van der Waals surface area contributed by atoms with Crippen LogP contribution in [0.25, 0.3) is 16.9 Å². The second-order valence-corrected chi connectivity index (χ2v) is 8.08. The van der Waals surface area contributed by atoms with E-state index < -0.39 is 0 Å². The molecule has 158 valence electrons. The van der Waals surface area contributed by atoms with E-state index in [0.29, 0.717) is 6.42 Å². The first-order chi connectivity index (χ1) is 15.6. The molecule has 5 nitrogen and oxygen atoms in total. The summed E-state index contributed by atoms with van der Waals surface area (Å²) in [5, 5.41) is 11.3. The van der Waals surface area contributed by atoms with Gasteiger partial charge in [0.15, 0.2) is 0 Å². The highest BCUT2D eigenvalue weighted by molar-refractivity contribution is 6.03. The SMILES string of the molecule is CC(=O)N1N=C(c2ccccc2)C[C@H]1c1cn(-c2ccccc2)nc1-c1ccc(C)cc1. The van der Waals surface area contributed by atoms with Gasteiger partial charge in [0.2, 0.25) is 5.91 Å². The Balaban J connectivity index is 1.62. The van der Waals surface area contributed by atoms with Crippen LogP contribution in [-0.4, -0.2) is 26.4 Å². The van der Waals surface area contributed by atoms with E-state index >= 15 is 0 Å². The topological polar surface area (TPSA) is 50.5 Å². The van der Waals surface area contributed by atoms with E-state index in [2.05, 4.69) is 31.2 Å². The maximum atomic E-state index is 12.6. The molecule has 0 fully saturated rings. The number of hydrogen-bond donors (Lipinski definition) is 0. The van der Waals surface area contributed by atoms with Crippen molar-refractivity contribution in [1.82, 2.24) is 14.8 Å². The highest BCUT2D eigenvalue weighted by Gasteiger charge is 2.34. The van der Waals surface area contributed by atoms with Gasteiger partial charge in [0.1, 0.15) is 0 Å². The number of amides is 1. The minimum atomic E-state index is -0.212. The number of rotatable bonds is 4. The van der Waals surface area contributed by atoms with Gasteiger partial charge < -0.3 is 0 Å². The minimum Gasteiger partial charge on any atom is -0.273 e. The zero-order valence-electron chi connectivity index (χ0n) is 18.1. The summed E-state index contributed by atoms with van der Waals surface area (Å²) in [6.45, 7) is 3.64. The third-order valence-electron chi connectivity index (χ3n) is 5.79. The van der Waals surface area contributed by atoms with Crippen molar-refractivity contribution in [1.29, 1.82) is 0 Å². The van der Waals surface area contributed by atoms with Crippen LogP contribution in [0.15, 0.2) is 96.2 Å². The van der Waals surface area contributed by atoms with Gasteiger partial charge in [-0.1, -0.05) is 78.4 Å². The predicted octanol–water partition coefficient (Wildman–Crippen LogP) is 5.55. The molecular weight excluding hydrogens is 396 g/mol. The predicted molar refractivity (Wildman–Crippen MR) is 127 cm³/mol. The Hall–Kier alpha value is -3.99. The van der Waals surface area contributed by atoms with E-state index in [0.717, 1.165) is 33.8 Å². The van der Waals surface area contributed by atoms with Gasteiger partial charge >= 0.3 is 0 Å². The molecule has 0 unspecified atom stereocenters. The van der Waals surface area contributed by atoms with Gasteiger partial charge in [0, 0.05) is 30.7 Å². The maximum Gasteiger partial charge on any atom is 0.240 e. The first-order valence-corrected chi connectivity index (χ1v) is 10.7. The fraction of sp³-hybridized carbons (Fsp3) is 0.148. The van der Waals surface area contributed by atoms with Gasteiger partial charge in [-0.3, -0.25) is 4.79 Å². The lowest BCUT2D eigenvalue weighted by molar-refractivity contribution is -0.130. The quantitative estimate of drug-likeness (QED) is 0.435. The van der Waals surface area contributed by atoms with E-state index in [4.69, 9.17) is 10.2 Å². The van der Waals surface area contributed by atoms with Gasteiger partial charge in [-0.15, -0.1) is 0 Å². The third-order valence-corrected chi connectivity index (χ3v) is 5.79. The highest BCUT2D eigenvalue weighted by atomic mass is 16.2. The summed E-state index contributed by atoms with van der Waals surface area (Å²) in [5.74, 6) is -0.0803. The van der Waals surface area contributed by atoms with E-state index in [1.807, 2.05) is 71.5 Å². The maximum absolute atomic E-state index is 12.6. The second-order valence-electron chi connectivity index (χ2n) is 8.08. The summed E-state index contributed by atoms with van der Waals surface area (Å²) >= 11 is 0. The molecule has 3 aromatic carbocycles. The molecule has 32 heavy (non-hydrogen) atoms. The standard InChI is InChI=1S/C27H24N4O/c1-19-13-15-22(16-14-19)27-24(18-30(29-27)23-11-7-4-8-12-23)26-17-25(28-31(26)20(2)32)21-9-5-3-6-10-21/h3-16,18,26H,17H2,1-2H3/t26-/m0/s1. The Morgan fingerprint density at radius 2 is 1.53 bits per heavy atom. The Kier molecular flexibility index (Phi) is 5.15. The van der Waals surface area contributed by atoms with Crippen molar-refractivity contribution < 1.29 is 4.79 Å². The average Bonchev–Trinajstić information content (AvgIpc) is 3.46. The first kappa shape index (κ1) is 19.9. The van der Waals surface area contributed by atoms with Gasteiger partial charge in [-0.2, -0.15) is 10.2 Å². The summed E-state index contributed by atoms with van der Waals surface area (Å²) in [6.07, 6.45) is 2.68. The normalized spacial score (nSPS) is 15.6. The summed E-state index contributed by atoms with van der Waals surface area (Å²) in [7, 11) is 0. The monoisotopic (exact) mass is 420 g/mol. The van der Waals surface area contributed by atoms with Crippen LogP contribution in [0.3, 0.4) is 0 Å². The number of aryl methyl sites for hydroxylation is 1. The zero-order valence-corrected chi connectivity index (χ0v) is 18.1. The summed E-state index contributed by atoms with van der Waals surface area (Å²) in [5.41, 5.74) is 7.00. The number of hydrazone groups is 1. The lowest BCUT2D eigenvalue weighted by atomic mass is 9.96. The molecule has 2 heterocycles. The van der Waals surface area contributed by atoms with Crippen LogP contribution in [0.2, 0.25) is 0 Å². The van der Waals surface area contributed by atoms with Crippen molar-refractivity contribution in [3.63, 3.8) is 0 Å². The molecule has 0 N–H and O–H groups in total. The molecule has 4 aromatic rings. The average molecular weight is 421 g/mol. The molecule has 1 amide bonds.